The molecule has 1 aliphatic rings. The maximum atomic E-state index is 10.8. The predicted octanol–water partition coefficient (Wildman–Crippen LogP) is 0.961. The van der Waals surface area contributed by atoms with Gasteiger partial charge in [-0.3, -0.25) is 0 Å². The van der Waals surface area contributed by atoms with Gasteiger partial charge in [0.1, 0.15) is 6.10 Å². The summed E-state index contributed by atoms with van der Waals surface area (Å²) in [6.45, 7) is 7.16. The fourth-order valence-electron chi connectivity index (χ4n) is 1.65. The van der Waals surface area contributed by atoms with Gasteiger partial charge in [0.2, 0.25) is 0 Å². The normalized spacial score (nSPS) is 17.8. The van der Waals surface area contributed by atoms with Crippen LogP contribution in [0.1, 0.15) is 19.8 Å². The van der Waals surface area contributed by atoms with Crippen LogP contribution in [0.25, 0.3) is 0 Å². The van der Waals surface area contributed by atoms with Crippen molar-refractivity contribution in [3.63, 3.8) is 0 Å². The number of cyclic esters (lactones) is 1. The molecule has 0 aromatic rings. The third-order valence-electron chi connectivity index (χ3n) is 2.81. The van der Waals surface area contributed by atoms with Crippen LogP contribution in [0.3, 0.4) is 0 Å². The SMILES string of the molecule is CCCCOCCOCCOCCOCC1CNC(=O)O1. The monoisotopic (exact) mass is 305 g/mol. The zero-order chi connectivity index (χ0) is 15.2. The minimum absolute atomic E-state index is 0.187. The number of nitrogens with one attached hydrogen (secondary N) is 1. The lowest BCUT2D eigenvalue weighted by Gasteiger charge is -2.09. The molecule has 0 aromatic heterocycles. The molecule has 1 amide bonds. The van der Waals surface area contributed by atoms with Gasteiger partial charge in [-0.15, -0.1) is 0 Å². The molecule has 1 saturated heterocycles. The van der Waals surface area contributed by atoms with E-state index < -0.39 is 0 Å². The summed E-state index contributed by atoms with van der Waals surface area (Å²) in [5, 5.41) is 2.57. The highest BCUT2D eigenvalue weighted by Gasteiger charge is 2.21. The van der Waals surface area contributed by atoms with Crippen molar-refractivity contribution in [3.8, 4) is 0 Å². The van der Waals surface area contributed by atoms with Crippen LogP contribution in [0.15, 0.2) is 0 Å². The van der Waals surface area contributed by atoms with Crippen molar-refractivity contribution < 1.29 is 28.5 Å². The van der Waals surface area contributed by atoms with Crippen molar-refractivity contribution >= 4 is 6.09 Å². The Balaban J connectivity index is 1.70. The second-order valence-electron chi connectivity index (χ2n) is 4.67. The molecule has 1 heterocycles. The van der Waals surface area contributed by atoms with Gasteiger partial charge in [-0.1, -0.05) is 13.3 Å². The molecule has 1 rings (SSSR count). The third-order valence-corrected chi connectivity index (χ3v) is 2.81. The van der Waals surface area contributed by atoms with Crippen LogP contribution in [0.4, 0.5) is 4.79 Å². The molecule has 124 valence electrons. The van der Waals surface area contributed by atoms with Crippen molar-refractivity contribution in [2.24, 2.45) is 0 Å². The molecule has 0 spiro atoms. The highest BCUT2D eigenvalue weighted by molar-refractivity contribution is 5.69. The van der Waals surface area contributed by atoms with Crippen LogP contribution in [0, 0.1) is 0 Å². The Labute approximate surface area is 126 Å². The van der Waals surface area contributed by atoms with Crippen LogP contribution in [0.2, 0.25) is 0 Å². The molecule has 1 aliphatic heterocycles. The molecular formula is C14H27NO6. The summed E-state index contributed by atoms with van der Waals surface area (Å²) in [7, 11) is 0. The predicted molar refractivity (Wildman–Crippen MR) is 76.5 cm³/mol. The number of ether oxygens (including phenoxy) is 5. The zero-order valence-electron chi connectivity index (χ0n) is 12.8. The minimum atomic E-state index is -0.379. The summed E-state index contributed by atoms with van der Waals surface area (Å²) in [6, 6.07) is 0. The van der Waals surface area contributed by atoms with E-state index in [-0.39, 0.29) is 12.2 Å². The lowest BCUT2D eigenvalue weighted by Crippen LogP contribution is -2.21. The lowest BCUT2D eigenvalue weighted by molar-refractivity contribution is -0.0131. The molecule has 1 fully saturated rings. The fraction of sp³-hybridized carbons (Fsp3) is 0.929. The first-order chi connectivity index (χ1) is 10.3. The van der Waals surface area contributed by atoms with Crippen molar-refractivity contribution in [1.29, 1.82) is 0 Å². The fourth-order valence-corrected chi connectivity index (χ4v) is 1.65. The molecule has 21 heavy (non-hydrogen) atoms. The van der Waals surface area contributed by atoms with E-state index >= 15 is 0 Å². The maximum absolute atomic E-state index is 10.8. The molecule has 1 atom stereocenters. The van der Waals surface area contributed by atoms with E-state index in [0.717, 1.165) is 19.4 Å². The summed E-state index contributed by atoms with van der Waals surface area (Å²) < 4.78 is 26.3. The third kappa shape index (κ3) is 10.5. The van der Waals surface area contributed by atoms with E-state index in [2.05, 4.69) is 12.2 Å². The van der Waals surface area contributed by atoms with Crippen LogP contribution in [0.5, 0.6) is 0 Å². The van der Waals surface area contributed by atoms with Gasteiger partial charge in [0.05, 0.1) is 52.8 Å². The smallest absolute Gasteiger partial charge is 0.407 e. The van der Waals surface area contributed by atoms with E-state index in [1.165, 1.54) is 0 Å². The summed E-state index contributed by atoms with van der Waals surface area (Å²) in [5.41, 5.74) is 0. The van der Waals surface area contributed by atoms with Gasteiger partial charge in [-0.2, -0.15) is 0 Å². The first-order valence-corrected chi connectivity index (χ1v) is 7.58. The van der Waals surface area contributed by atoms with Crippen molar-refractivity contribution in [2.75, 3.05) is 59.4 Å². The first kappa shape index (κ1) is 18.2. The van der Waals surface area contributed by atoms with Gasteiger partial charge in [0.15, 0.2) is 0 Å². The zero-order valence-corrected chi connectivity index (χ0v) is 12.8. The molecule has 1 unspecified atom stereocenters. The molecule has 0 bridgehead atoms. The molecular weight excluding hydrogens is 278 g/mol. The van der Waals surface area contributed by atoms with E-state index in [9.17, 15) is 4.79 Å². The van der Waals surface area contributed by atoms with E-state index in [1.54, 1.807) is 0 Å². The van der Waals surface area contributed by atoms with Crippen LogP contribution < -0.4 is 5.32 Å². The highest BCUT2D eigenvalue weighted by atomic mass is 16.6. The average molecular weight is 305 g/mol. The number of alkyl carbamates (subject to hydrolysis) is 1. The number of carbonyl (C=O) groups is 1. The lowest BCUT2D eigenvalue weighted by atomic mass is 10.4. The Hall–Kier alpha value is -0.890. The number of unbranched alkanes of at least 4 members (excludes halogenated alkanes) is 1. The van der Waals surface area contributed by atoms with E-state index in [1.807, 2.05) is 0 Å². The second-order valence-corrected chi connectivity index (χ2v) is 4.67. The number of hydrogen-bond donors (Lipinski definition) is 1. The Morgan fingerprint density at radius 3 is 2.10 bits per heavy atom. The number of carbonyl (C=O) groups excluding carboxylic acids is 1. The quantitative estimate of drug-likeness (QED) is 0.482. The van der Waals surface area contributed by atoms with Crippen molar-refractivity contribution in [2.45, 2.75) is 25.9 Å². The van der Waals surface area contributed by atoms with Crippen molar-refractivity contribution in [3.05, 3.63) is 0 Å². The van der Waals surface area contributed by atoms with Gasteiger partial charge < -0.3 is 29.0 Å². The maximum Gasteiger partial charge on any atom is 0.407 e. The number of hydrogen-bond acceptors (Lipinski definition) is 6. The average Bonchev–Trinajstić information content (AvgIpc) is 2.89. The molecule has 0 aromatic carbocycles. The van der Waals surface area contributed by atoms with Crippen LogP contribution >= 0.6 is 0 Å². The second kappa shape index (κ2) is 12.8. The topological polar surface area (TPSA) is 75.3 Å². The Kier molecular flexibility index (Phi) is 11.1. The van der Waals surface area contributed by atoms with Gasteiger partial charge in [-0.25, -0.2) is 4.79 Å². The first-order valence-electron chi connectivity index (χ1n) is 7.58. The number of rotatable bonds is 14. The molecule has 0 radical (unpaired) electrons. The molecule has 7 nitrogen and oxygen atoms in total. The highest BCUT2D eigenvalue weighted by Crippen LogP contribution is 1.99. The molecule has 7 heteroatoms. The Morgan fingerprint density at radius 2 is 1.57 bits per heavy atom. The minimum Gasteiger partial charge on any atom is -0.442 e. The Morgan fingerprint density at radius 1 is 1.00 bits per heavy atom. The molecule has 0 aliphatic carbocycles. The van der Waals surface area contributed by atoms with E-state index in [0.29, 0.717) is 52.8 Å². The summed E-state index contributed by atoms with van der Waals surface area (Å²) in [6.07, 6.45) is 1.68. The summed E-state index contributed by atoms with van der Waals surface area (Å²) >= 11 is 0. The van der Waals surface area contributed by atoms with Gasteiger partial charge >= 0.3 is 6.09 Å². The summed E-state index contributed by atoms with van der Waals surface area (Å²) in [5.74, 6) is 0. The van der Waals surface area contributed by atoms with Crippen molar-refractivity contribution in [1.82, 2.24) is 5.32 Å². The van der Waals surface area contributed by atoms with Gasteiger partial charge in [0, 0.05) is 6.61 Å². The van der Waals surface area contributed by atoms with E-state index in [4.69, 9.17) is 23.7 Å². The number of amides is 1. The molecule has 1 N–H and O–H groups in total. The summed E-state index contributed by atoms with van der Waals surface area (Å²) in [4.78, 5) is 10.8. The Bertz CT molecular complexity index is 264. The van der Waals surface area contributed by atoms with Crippen LogP contribution in [-0.4, -0.2) is 71.6 Å². The van der Waals surface area contributed by atoms with Gasteiger partial charge in [0.25, 0.3) is 0 Å². The van der Waals surface area contributed by atoms with Crippen LogP contribution in [-0.2, 0) is 23.7 Å². The van der Waals surface area contributed by atoms with Gasteiger partial charge in [-0.05, 0) is 6.42 Å². The standard InChI is InChI=1S/C14H27NO6/c1-2-3-4-17-5-6-18-7-8-19-9-10-20-12-13-11-15-14(16)21-13/h13H,2-12H2,1H3,(H,15,16). The molecule has 0 saturated carbocycles. The largest absolute Gasteiger partial charge is 0.442 e.